The maximum absolute atomic E-state index is 12.7. The minimum absolute atomic E-state index is 0.0193. The Kier molecular flexibility index (Phi) is 7.29. The van der Waals surface area contributed by atoms with Crippen molar-refractivity contribution in [3.05, 3.63) is 53.1 Å². The van der Waals surface area contributed by atoms with Gasteiger partial charge in [-0.25, -0.2) is 4.21 Å². The first kappa shape index (κ1) is 23.6. The van der Waals surface area contributed by atoms with Crippen LogP contribution < -0.4 is 10.5 Å². The summed E-state index contributed by atoms with van der Waals surface area (Å²) in [7, 11) is -1.26. The zero-order chi connectivity index (χ0) is 22.6. The lowest BCUT2D eigenvalue weighted by Crippen LogP contribution is -2.37. The molecule has 2 aromatic rings. The lowest BCUT2D eigenvalue weighted by Gasteiger charge is -2.43. The molecule has 0 saturated heterocycles. The van der Waals surface area contributed by atoms with E-state index in [-0.39, 0.29) is 23.3 Å². The summed E-state index contributed by atoms with van der Waals surface area (Å²) in [6, 6.07) is 12.8. The SMILES string of the molecule is COc1ccc(-c2ccc(C3(CCS(=N)(=O)CC[C@H](N)C(=O)O)CCC3)cc2)c(Cl)c1. The van der Waals surface area contributed by atoms with Crippen molar-refractivity contribution in [2.75, 3.05) is 18.6 Å². The summed E-state index contributed by atoms with van der Waals surface area (Å²) in [5.74, 6) is -0.138. The Labute approximate surface area is 188 Å². The van der Waals surface area contributed by atoms with Crippen molar-refractivity contribution in [3.63, 3.8) is 0 Å². The summed E-state index contributed by atoms with van der Waals surface area (Å²) in [4.78, 5) is 10.9. The number of hydrogen-bond donors (Lipinski definition) is 3. The molecule has 3 rings (SSSR count). The highest BCUT2D eigenvalue weighted by Gasteiger charge is 2.39. The van der Waals surface area contributed by atoms with E-state index >= 15 is 0 Å². The number of ether oxygens (including phenoxy) is 1. The largest absolute Gasteiger partial charge is 0.497 e. The van der Waals surface area contributed by atoms with Gasteiger partial charge in [-0.1, -0.05) is 42.3 Å². The molecule has 1 aliphatic carbocycles. The fourth-order valence-corrected chi connectivity index (χ4v) is 5.89. The average Bonchev–Trinajstić information content (AvgIpc) is 2.71. The number of methoxy groups -OCH3 is 1. The number of carboxylic acids is 1. The molecular weight excluding hydrogens is 436 g/mol. The second-order valence-electron chi connectivity index (χ2n) is 8.26. The molecule has 31 heavy (non-hydrogen) atoms. The third kappa shape index (κ3) is 5.59. The van der Waals surface area contributed by atoms with Crippen LogP contribution in [0.25, 0.3) is 11.1 Å². The van der Waals surface area contributed by atoms with Gasteiger partial charge in [0.25, 0.3) is 0 Å². The standard InChI is InChI=1S/C23H29ClN2O4S/c1-30-18-7-8-19(20(24)15-18)16-3-5-17(6-4-16)23(10-2-11-23)12-14-31(26,29)13-9-21(25)22(27)28/h3-8,15,21,26H,2,9-14,25H2,1H3,(H,27,28)/t21-,31?/m0/s1. The van der Waals surface area contributed by atoms with Crippen molar-refractivity contribution >= 4 is 27.3 Å². The number of aliphatic carboxylic acids is 1. The molecule has 0 spiro atoms. The van der Waals surface area contributed by atoms with Crippen LogP contribution in [0.4, 0.5) is 0 Å². The van der Waals surface area contributed by atoms with Gasteiger partial charge in [0.1, 0.15) is 11.8 Å². The molecule has 0 aromatic heterocycles. The molecule has 4 N–H and O–H groups in total. The Morgan fingerprint density at radius 1 is 1.26 bits per heavy atom. The molecule has 0 radical (unpaired) electrons. The molecule has 0 aliphatic heterocycles. The van der Waals surface area contributed by atoms with Crippen LogP contribution in [0.2, 0.25) is 5.02 Å². The molecule has 1 fully saturated rings. The molecule has 1 aliphatic rings. The molecule has 168 valence electrons. The summed E-state index contributed by atoms with van der Waals surface area (Å²) < 4.78 is 26.0. The first-order valence-corrected chi connectivity index (χ1v) is 12.6. The van der Waals surface area contributed by atoms with Gasteiger partial charge in [-0.15, -0.1) is 0 Å². The molecule has 8 heteroatoms. The van der Waals surface area contributed by atoms with Crippen LogP contribution in [0.5, 0.6) is 5.75 Å². The van der Waals surface area contributed by atoms with Gasteiger partial charge in [-0.2, -0.15) is 0 Å². The molecule has 1 saturated carbocycles. The van der Waals surface area contributed by atoms with Gasteiger partial charge in [0.2, 0.25) is 0 Å². The molecule has 6 nitrogen and oxygen atoms in total. The highest BCUT2D eigenvalue weighted by atomic mass is 35.5. The predicted octanol–water partition coefficient (Wildman–Crippen LogP) is 4.68. The zero-order valence-electron chi connectivity index (χ0n) is 17.6. The van der Waals surface area contributed by atoms with Gasteiger partial charge in [0.15, 0.2) is 0 Å². The van der Waals surface area contributed by atoms with Crippen molar-refractivity contribution in [1.82, 2.24) is 0 Å². The summed E-state index contributed by atoms with van der Waals surface area (Å²) in [5.41, 5.74) is 8.56. The highest BCUT2D eigenvalue weighted by Crippen LogP contribution is 2.47. The van der Waals surface area contributed by atoms with Crippen LogP contribution in [-0.4, -0.2) is 39.9 Å². The quantitative estimate of drug-likeness (QED) is 0.472. The molecule has 0 heterocycles. The van der Waals surface area contributed by atoms with E-state index in [9.17, 15) is 9.00 Å². The van der Waals surface area contributed by atoms with E-state index < -0.39 is 21.7 Å². The third-order valence-corrected chi connectivity index (χ3v) is 8.35. The van der Waals surface area contributed by atoms with Crippen molar-refractivity contribution in [2.24, 2.45) is 5.73 Å². The van der Waals surface area contributed by atoms with Gasteiger partial charge in [0.05, 0.1) is 12.1 Å². The minimum Gasteiger partial charge on any atom is -0.497 e. The lowest BCUT2D eigenvalue weighted by atomic mass is 9.63. The number of nitrogens with two attached hydrogens (primary N) is 1. The van der Waals surface area contributed by atoms with Crippen LogP contribution in [0, 0.1) is 4.78 Å². The number of nitrogens with one attached hydrogen (secondary N) is 1. The third-order valence-electron chi connectivity index (χ3n) is 6.28. The maximum atomic E-state index is 12.7. The molecule has 2 atom stereocenters. The summed E-state index contributed by atoms with van der Waals surface area (Å²) in [6.07, 6.45) is 3.82. The molecule has 0 amide bonds. The lowest BCUT2D eigenvalue weighted by molar-refractivity contribution is -0.138. The van der Waals surface area contributed by atoms with Crippen LogP contribution in [0.1, 0.15) is 37.7 Å². The first-order valence-electron chi connectivity index (χ1n) is 10.3. The Balaban J connectivity index is 1.70. The number of hydrogen-bond acceptors (Lipinski definition) is 5. The van der Waals surface area contributed by atoms with E-state index in [4.69, 9.17) is 32.0 Å². The Morgan fingerprint density at radius 2 is 1.94 bits per heavy atom. The van der Waals surface area contributed by atoms with Gasteiger partial charge in [0, 0.05) is 26.8 Å². The van der Waals surface area contributed by atoms with Crippen LogP contribution in [0.15, 0.2) is 42.5 Å². The van der Waals surface area contributed by atoms with Crippen molar-refractivity contribution in [1.29, 1.82) is 4.78 Å². The number of carboxylic acid groups (broad SMARTS) is 1. The number of halogens is 1. The van der Waals surface area contributed by atoms with Crippen LogP contribution in [-0.2, 0) is 19.9 Å². The zero-order valence-corrected chi connectivity index (χ0v) is 19.2. The van der Waals surface area contributed by atoms with E-state index in [1.54, 1.807) is 13.2 Å². The van der Waals surface area contributed by atoms with Crippen molar-refractivity contribution in [2.45, 2.75) is 43.6 Å². The topological polar surface area (TPSA) is 113 Å². The minimum atomic E-state index is -2.86. The van der Waals surface area contributed by atoms with E-state index in [1.807, 2.05) is 24.3 Å². The molecular formula is C23H29ClN2O4S. The molecule has 1 unspecified atom stereocenters. The fourth-order valence-electron chi connectivity index (χ4n) is 4.05. The number of benzene rings is 2. The highest BCUT2D eigenvalue weighted by molar-refractivity contribution is 7.92. The second kappa shape index (κ2) is 9.59. The van der Waals surface area contributed by atoms with Gasteiger partial charge >= 0.3 is 5.97 Å². The Hall–Kier alpha value is -2.09. The summed E-state index contributed by atoms with van der Waals surface area (Å²) in [5, 5.41) is 9.51. The van der Waals surface area contributed by atoms with E-state index in [0.29, 0.717) is 17.2 Å². The van der Waals surface area contributed by atoms with Crippen molar-refractivity contribution in [3.8, 4) is 16.9 Å². The van der Waals surface area contributed by atoms with Gasteiger partial charge in [-0.05, 0) is 60.4 Å². The van der Waals surface area contributed by atoms with E-state index in [0.717, 1.165) is 30.4 Å². The smallest absolute Gasteiger partial charge is 0.320 e. The van der Waals surface area contributed by atoms with Crippen LogP contribution >= 0.6 is 11.6 Å². The van der Waals surface area contributed by atoms with Crippen LogP contribution in [0.3, 0.4) is 0 Å². The Bertz CT molecular complexity index is 1030. The average molecular weight is 465 g/mol. The number of rotatable bonds is 10. The monoisotopic (exact) mass is 464 g/mol. The van der Waals surface area contributed by atoms with Crippen molar-refractivity contribution < 1.29 is 18.8 Å². The van der Waals surface area contributed by atoms with E-state index in [2.05, 4.69) is 12.1 Å². The van der Waals surface area contributed by atoms with Gasteiger partial charge in [-0.3, -0.25) is 9.57 Å². The second-order valence-corrected chi connectivity index (χ2v) is 11.1. The van der Waals surface area contributed by atoms with Gasteiger partial charge < -0.3 is 15.6 Å². The van der Waals surface area contributed by atoms with E-state index in [1.165, 1.54) is 5.56 Å². The first-order chi connectivity index (χ1) is 14.7. The number of carbonyl (C=O) groups is 1. The summed E-state index contributed by atoms with van der Waals surface area (Å²) in [6.45, 7) is 0. The molecule has 0 bridgehead atoms. The normalized spacial score (nSPS) is 17.9. The fraction of sp³-hybridized carbons (Fsp3) is 0.435. The maximum Gasteiger partial charge on any atom is 0.320 e. The summed E-state index contributed by atoms with van der Waals surface area (Å²) >= 11 is 6.40. The molecule has 2 aromatic carbocycles. The predicted molar refractivity (Wildman–Crippen MR) is 124 cm³/mol. The Morgan fingerprint density at radius 3 is 2.45 bits per heavy atom.